The number of amides is 3. The molecule has 1 aromatic rings. The van der Waals surface area contributed by atoms with Crippen molar-refractivity contribution in [3.8, 4) is 5.75 Å². The number of anilines is 1. The van der Waals surface area contributed by atoms with E-state index in [0.717, 1.165) is 24.3 Å². The third-order valence-corrected chi connectivity index (χ3v) is 4.31. The van der Waals surface area contributed by atoms with Crippen LogP contribution in [0, 0.1) is 0 Å². The number of carbonyl (C=O) groups excluding carboxylic acids is 2. The van der Waals surface area contributed by atoms with Crippen LogP contribution in [0.25, 0.3) is 0 Å². The van der Waals surface area contributed by atoms with Crippen molar-refractivity contribution in [3.05, 3.63) is 24.3 Å². The molecule has 2 aliphatic rings. The van der Waals surface area contributed by atoms with Crippen LogP contribution in [-0.2, 0) is 4.79 Å². The molecule has 0 spiro atoms. The second-order valence-corrected chi connectivity index (χ2v) is 6.26. The van der Waals surface area contributed by atoms with Gasteiger partial charge in [0.2, 0.25) is 5.91 Å². The summed E-state index contributed by atoms with van der Waals surface area (Å²) in [4.78, 5) is 28.0. The third kappa shape index (κ3) is 4.61. The zero-order chi connectivity index (χ0) is 16.9. The molecule has 0 radical (unpaired) electrons. The maximum Gasteiger partial charge on any atom is 0.321 e. The predicted molar refractivity (Wildman–Crippen MR) is 91.2 cm³/mol. The first-order valence-electron chi connectivity index (χ1n) is 8.36. The smallest absolute Gasteiger partial charge is 0.321 e. The van der Waals surface area contributed by atoms with E-state index in [1.165, 1.54) is 0 Å². The molecule has 1 aliphatic carbocycles. The van der Waals surface area contributed by atoms with Gasteiger partial charge in [-0.3, -0.25) is 9.69 Å². The van der Waals surface area contributed by atoms with E-state index in [2.05, 4.69) is 15.5 Å². The Morgan fingerprint density at radius 3 is 2.38 bits per heavy atom. The molecule has 0 aromatic heterocycles. The lowest BCUT2D eigenvalue weighted by Crippen LogP contribution is -2.52. The summed E-state index contributed by atoms with van der Waals surface area (Å²) in [7, 11) is 1.61. The monoisotopic (exact) mass is 332 g/mol. The van der Waals surface area contributed by atoms with Gasteiger partial charge in [0.15, 0.2) is 0 Å². The van der Waals surface area contributed by atoms with Crippen LogP contribution in [0.15, 0.2) is 24.3 Å². The van der Waals surface area contributed by atoms with E-state index in [1.54, 1.807) is 12.0 Å². The topological polar surface area (TPSA) is 73.9 Å². The van der Waals surface area contributed by atoms with Crippen molar-refractivity contribution < 1.29 is 14.3 Å². The predicted octanol–water partition coefficient (Wildman–Crippen LogP) is 1.12. The molecule has 3 amide bonds. The zero-order valence-electron chi connectivity index (χ0n) is 14.0. The zero-order valence-corrected chi connectivity index (χ0v) is 14.0. The Balaban J connectivity index is 1.41. The molecule has 130 valence electrons. The van der Waals surface area contributed by atoms with Gasteiger partial charge in [0.1, 0.15) is 5.75 Å². The van der Waals surface area contributed by atoms with Gasteiger partial charge in [-0.2, -0.15) is 0 Å². The number of carbonyl (C=O) groups is 2. The fourth-order valence-electron chi connectivity index (χ4n) is 2.69. The summed E-state index contributed by atoms with van der Waals surface area (Å²) in [6.45, 7) is 3.10. The van der Waals surface area contributed by atoms with Gasteiger partial charge in [0.25, 0.3) is 0 Å². The van der Waals surface area contributed by atoms with E-state index in [0.29, 0.717) is 38.8 Å². The van der Waals surface area contributed by atoms with Gasteiger partial charge >= 0.3 is 6.03 Å². The number of ether oxygens (including phenoxy) is 1. The van der Waals surface area contributed by atoms with E-state index in [1.807, 2.05) is 24.3 Å². The second kappa shape index (κ2) is 7.53. The molecule has 0 atom stereocenters. The average Bonchev–Trinajstić information content (AvgIpc) is 3.40. The van der Waals surface area contributed by atoms with Crippen LogP contribution in [0.2, 0.25) is 0 Å². The fraction of sp³-hybridized carbons (Fsp3) is 0.529. The highest BCUT2D eigenvalue weighted by Crippen LogP contribution is 2.18. The second-order valence-electron chi connectivity index (χ2n) is 6.26. The number of benzene rings is 1. The number of methoxy groups -OCH3 is 1. The van der Waals surface area contributed by atoms with Gasteiger partial charge in [0, 0.05) is 37.9 Å². The Kier molecular flexibility index (Phi) is 5.20. The first kappa shape index (κ1) is 16.6. The maximum absolute atomic E-state index is 12.3. The van der Waals surface area contributed by atoms with Crippen molar-refractivity contribution in [3.63, 3.8) is 0 Å². The van der Waals surface area contributed by atoms with Gasteiger partial charge in [-0.15, -0.1) is 0 Å². The van der Waals surface area contributed by atoms with Gasteiger partial charge < -0.3 is 20.3 Å². The lowest BCUT2D eigenvalue weighted by molar-refractivity contribution is -0.122. The van der Waals surface area contributed by atoms with Crippen molar-refractivity contribution in [1.82, 2.24) is 15.1 Å². The van der Waals surface area contributed by atoms with Crippen LogP contribution in [0.1, 0.15) is 12.8 Å². The number of rotatable bonds is 5. The first-order valence-corrected chi connectivity index (χ1v) is 8.36. The summed E-state index contributed by atoms with van der Waals surface area (Å²) < 4.78 is 5.10. The molecule has 1 aromatic carbocycles. The number of hydrogen-bond acceptors (Lipinski definition) is 4. The van der Waals surface area contributed by atoms with E-state index in [-0.39, 0.29) is 11.9 Å². The standard InChI is InChI=1S/C17H24N4O3/c1-24-15-6-4-14(5-7-15)19-17(23)21-10-8-20(9-11-21)12-16(22)18-13-2-3-13/h4-7,13H,2-3,8-12H2,1H3,(H,18,22)(H,19,23). The molecular formula is C17H24N4O3. The third-order valence-electron chi connectivity index (χ3n) is 4.31. The molecule has 1 saturated heterocycles. The number of hydrogen-bond donors (Lipinski definition) is 2. The minimum absolute atomic E-state index is 0.0913. The molecule has 1 aliphatic heterocycles. The van der Waals surface area contributed by atoms with Crippen molar-refractivity contribution in [1.29, 1.82) is 0 Å². The van der Waals surface area contributed by atoms with Crippen LogP contribution in [0.4, 0.5) is 10.5 Å². The summed E-state index contributed by atoms with van der Waals surface area (Å²) in [5, 5.41) is 5.88. The van der Waals surface area contributed by atoms with Crippen LogP contribution >= 0.6 is 0 Å². The van der Waals surface area contributed by atoms with E-state index in [4.69, 9.17) is 4.74 Å². The summed E-state index contributed by atoms with van der Waals surface area (Å²) in [5.74, 6) is 0.847. The number of nitrogens with one attached hydrogen (secondary N) is 2. The summed E-state index contributed by atoms with van der Waals surface area (Å²) in [6, 6.07) is 7.54. The normalized spacial score (nSPS) is 18.1. The van der Waals surface area contributed by atoms with Crippen LogP contribution in [0.3, 0.4) is 0 Å². The Morgan fingerprint density at radius 1 is 1.12 bits per heavy atom. The summed E-state index contributed by atoms with van der Waals surface area (Å²) >= 11 is 0. The maximum atomic E-state index is 12.3. The number of nitrogens with zero attached hydrogens (tertiary/aromatic N) is 2. The lowest BCUT2D eigenvalue weighted by atomic mass is 10.3. The van der Waals surface area contributed by atoms with Crippen molar-refractivity contribution in [2.75, 3.05) is 45.2 Å². The highest BCUT2D eigenvalue weighted by Gasteiger charge is 2.26. The fourth-order valence-corrected chi connectivity index (χ4v) is 2.69. The SMILES string of the molecule is COc1ccc(NC(=O)N2CCN(CC(=O)NC3CC3)CC2)cc1. The number of piperazine rings is 1. The molecule has 2 N–H and O–H groups in total. The molecule has 0 bridgehead atoms. The molecule has 7 heteroatoms. The molecular weight excluding hydrogens is 308 g/mol. The highest BCUT2D eigenvalue weighted by atomic mass is 16.5. The van der Waals surface area contributed by atoms with Gasteiger partial charge in [0.05, 0.1) is 13.7 Å². The Bertz CT molecular complexity index is 578. The number of urea groups is 1. The van der Waals surface area contributed by atoms with Crippen LogP contribution < -0.4 is 15.4 Å². The summed E-state index contributed by atoms with van der Waals surface area (Å²) in [6.07, 6.45) is 2.20. The van der Waals surface area contributed by atoms with E-state index in [9.17, 15) is 9.59 Å². The van der Waals surface area contributed by atoms with Crippen LogP contribution in [0.5, 0.6) is 5.75 Å². The molecule has 3 rings (SSSR count). The van der Waals surface area contributed by atoms with Crippen LogP contribution in [-0.4, -0.2) is 67.6 Å². The van der Waals surface area contributed by atoms with Crippen molar-refractivity contribution >= 4 is 17.6 Å². The van der Waals surface area contributed by atoms with Gasteiger partial charge in [-0.25, -0.2) is 4.79 Å². The quantitative estimate of drug-likeness (QED) is 0.847. The minimum Gasteiger partial charge on any atom is -0.497 e. The molecule has 2 fully saturated rings. The minimum atomic E-state index is -0.109. The molecule has 1 saturated carbocycles. The average molecular weight is 332 g/mol. The molecule has 24 heavy (non-hydrogen) atoms. The first-order chi connectivity index (χ1) is 11.6. The summed E-state index contributed by atoms with van der Waals surface area (Å²) in [5.41, 5.74) is 0.743. The Labute approximate surface area is 141 Å². The van der Waals surface area contributed by atoms with Crippen molar-refractivity contribution in [2.24, 2.45) is 0 Å². The van der Waals surface area contributed by atoms with E-state index >= 15 is 0 Å². The van der Waals surface area contributed by atoms with Crippen molar-refractivity contribution in [2.45, 2.75) is 18.9 Å². The van der Waals surface area contributed by atoms with Gasteiger partial charge in [-0.05, 0) is 37.1 Å². The highest BCUT2D eigenvalue weighted by molar-refractivity contribution is 5.89. The Hall–Kier alpha value is -2.28. The Morgan fingerprint density at radius 2 is 1.79 bits per heavy atom. The molecule has 0 unspecified atom stereocenters. The van der Waals surface area contributed by atoms with E-state index < -0.39 is 0 Å². The largest absolute Gasteiger partial charge is 0.497 e. The molecule has 1 heterocycles. The lowest BCUT2D eigenvalue weighted by Gasteiger charge is -2.34. The molecule has 7 nitrogen and oxygen atoms in total. The van der Waals surface area contributed by atoms with Gasteiger partial charge in [-0.1, -0.05) is 0 Å².